The lowest BCUT2D eigenvalue weighted by atomic mass is 10.2. The Bertz CT molecular complexity index is 379. The topological polar surface area (TPSA) is 65.2 Å². The standard InChI is InChI=1S/C12H20N2O3S/c1-5-16-11(15)6-9(4)18-7-10-13-14-12(17-10)8(2)3/h8-9H,5-7H2,1-4H3. The second-order valence-corrected chi connectivity index (χ2v) is 5.75. The maximum absolute atomic E-state index is 11.3. The van der Waals surface area contributed by atoms with Gasteiger partial charge in [0.15, 0.2) is 0 Å². The number of ether oxygens (including phenoxy) is 1. The van der Waals surface area contributed by atoms with Crippen molar-refractivity contribution in [1.82, 2.24) is 10.2 Å². The highest BCUT2D eigenvalue weighted by atomic mass is 32.2. The van der Waals surface area contributed by atoms with E-state index in [1.807, 2.05) is 27.7 Å². The Kier molecular flexibility index (Phi) is 6.18. The molecule has 1 rings (SSSR count). The first kappa shape index (κ1) is 15.0. The molecule has 0 aromatic carbocycles. The summed E-state index contributed by atoms with van der Waals surface area (Å²) in [5.41, 5.74) is 0. The SMILES string of the molecule is CCOC(=O)CC(C)SCc1nnc(C(C)C)o1. The Hall–Kier alpha value is -1.04. The summed E-state index contributed by atoms with van der Waals surface area (Å²) in [5.74, 6) is 1.97. The molecule has 1 atom stereocenters. The summed E-state index contributed by atoms with van der Waals surface area (Å²) in [6.07, 6.45) is 0.406. The van der Waals surface area contributed by atoms with Gasteiger partial charge in [0.1, 0.15) is 0 Å². The number of rotatable bonds is 7. The smallest absolute Gasteiger partial charge is 0.306 e. The van der Waals surface area contributed by atoms with Gasteiger partial charge >= 0.3 is 5.97 Å². The van der Waals surface area contributed by atoms with Crippen molar-refractivity contribution in [3.05, 3.63) is 11.8 Å². The number of nitrogens with zero attached hydrogens (tertiary/aromatic N) is 2. The van der Waals surface area contributed by atoms with Gasteiger partial charge < -0.3 is 9.15 Å². The van der Waals surface area contributed by atoms with E-state index in [9.17, 15) is 4.79 Å². The summed E-state index contributed by atoms with van der Waals surface area (Å²) < 4.78 is 10.4. The second-order valence-electron chi connectivity index (χ2n) is 4.32. The summed E-state index contributed by atoms with van der Waals surface area (Å²) in [7, 11) is 0. The third kappa shape index (κ3) is 5.08. The maximum atomic E-state index is 11.3. The number of carbonyl (C=O) groups is 1. The molecule has 0 N–H and O–H groups in total. The molecule has 0 fully saturated rings. The van der Waals surface area contributed by atoms with Crippen molar-refractivity contribution in [1.29, 1.82) is 0 Å². The zero-order valence-corrected chi connectivity index (χ0v) is 12.1. The fraction of sp³-hybridized carbons (Fsp3) is 0.750. The molecule has 1 aromatic heterocycles. The van der Waals surface area contributed by atoms with Crippen LogP contribution in [0.2, 0.25) is 0 Å². The Balaban J connectivity index is 2.33. The Morgan fingerprint density at radius 1 is 1.39 bits per heavy atom. The molecule has 1 unspecified atom stereocenters. The minimum absolute atomic E-state index is 0.161. The second kappa shape index (κ2) is 7.41. The molecule has 0 bridgehead atoms. The first-order valence-corrected chi connectivity index (χ1v) is 7.17. The van der Waals surface area contributed by atoms with Crippen LogP contribution in [0.15, 0.2) is 4.42 Å². The van der Waals surface area contributed by atoms with Crippen LogP contribution in [-0.4, -0.2) is 28.0 Å². The molecule has 0 amide bonds. The predicted molar refractivity (Wildman–Crippen MR) is 70.4 cm³/mol. The van der Waals surface area contributed by atoms with Gasteiger partial charge in [-0.05, 0) is 6.92 Å². The van der Waals surface area contributed by atoms with Crippen LogP contribution in [0, 0.1) is 0 Å². The normalized spacial score (nSPS) is 12.7. The van der Waals surface area contributed by atoms with Crippen LogP contribution in [0.25, 0.3) is 0 Å². The van der Waals surface area contributed by atoms with E-state index in [4.69, 9.17) is 9.15 Å². The average molecular weight is 272 g/mol. The molecule has 102 valence electrons. The molecule has 6 heteroatoms. The van der Waals surface area contributed by atoms with Gasteiger partial charge in [0, 0.05) is 11.2 Å². The van der Waals surface area contributed by atoms with E-state index in [-0.39, 0.29) is 17.1 Å². The van der Waals surface area contributed by atoms with Crippen LogP contribution in [-0.2, 0) is 15.3 Å². The van der Waals surface area contributed by atoms with E-state index in [1.165, 1.54) is 0 Å². The van der Waals surface area contributed by atoms with Gasteiger partial charge in [-0.15, -0.1) is 22.0 Å². The van der Waals surface area contributed by atoms with Crippen molar-refractivity contribution < 1.29 is 13.9 Å². The minimum atomic E-state index is -0.161. The molecule has 0 aliphatic rings. The van der Waals surface area contributed by atoms with Crippen molar-refractivity contribution in [3.8, 4) is 0 Å². The number of hydrogen-bond donors (Lipinski definition) is 0. The number of aromatic nitrogens is 2. The third-order valence-corrected chi connectivity index (χ3v) is 3.38. The first-order chi connectivity index (χ1) is 8.52. The van der Waals surface area contributed by atoms with Crippen molar-refractivity contribution in [2.24, 2.45) is 0 Å². The van der Waals surface area contributed by atoms with Crippen LogP contribution in [0.3, 0.4) is 0 Å². The van der Waals surface area contributed by atoms with Crippen LogP contribution in [0.4, 0.5) is 0 Å². The third-order valence-electron chi connectivity index (χ3n) is 2.23. The molecule has 1 heterocycles. The van der Waals surface area contributed by atoms with Crippen molar-refractivity contribution >= 4 is 17.7 Å². The maximum Gasteiger partial charge on any atom is 0.306 e. The monoisotopic (exact) mass is 272 g/mol. The van der Waals surface area contributed by atoms with Crippen LogP contribution in [0.5, 0.6) is 0 Å². The lowest BCUT2D eigenvalue weighted by Gasteiger charge is -2.08. The summed E-state index contributed by atoms with van der Waals surface area (Å²) >= 11 is 1.61. The van der Waals surface area contributed by atoms with E-state index in [2.05, 4.69) is 10.2 Å². The summed E-state index contributed by atoms with van der Waals surface area (Å²) in [6, 6.07) is 0. The van der Waals surface area contributed by atoms with Crippen molar-refractivity contribution in [2.75, 3.05) is 6.61 Å². The molecule has 0 saturated carbocycles. The van der Waals surface area contributed by atoms with Crippen LogP contribution < -0.4 is 0 Å². The summed E-state index contributed by atoms with van der Waals surface area (Å²) in [6.45, 7) is 8.24. The highest BCUT2D eigenvalue weighted by Gasteiger charge is 2.14. The number of thioether (sulfide) groups is 1. The average Bonchev–Trinajstić information content (AvgIpc) is 2.75. The molecule has 0 aliphatic heterocycles. The van der Waals surface area contributed by atoms with Gasteiger partial charge in [-0.25, -0.2) is 0 Å². The fourth-order valence-electron chi connectivity index (χ4n) is 1.29. The van der Waals surface area contributed by atoms with Gasteiger partial charge in [-0.3, -0.25) is 4.79 Å². The summed E-state index contributed by atoms with van der Waals surface area (Å²) in [4.78, 5) is 11.3. The van der Waals surface area contributed by atoms with Crippen molar-refractivity contribution in [3.63, 3.8) is 0 Å². The van der Waals surface area contributed by atoms with Crippen LogP contribution >= 0.6 is 11.8 Å². The molecule has 18 heavy (non-hydrogen) atoms. The largest absolute Gasteiger partial charge is 0.466 e. The summed E-state index contributed by atoms with van der Waals surface area (Å²) in [5, 5.41) is 8.11. The molecule has 1 aromatic rings. The Morgan fingerprint density at radius 2 is 2.11 bits per heavy atom. The molecule has 0 aliphatic carbocycles. The molecular formula is C12H20N2O3S. The van der Waals surface area contributed by atoms with E-state index in [0.29, 0.717) is 30.6 Å². The lowest BCUT2D eigenvalue weighted by Crippen LogP contribution is -2.10. The minimum Gasteiger partial charge on any atom is -0.466 e. The van der Waals surface area contributed by atoms with E-state index in [1.54, 1.807) is 11.8 Å². The number of esters is 1. The van der Waals surface area contributed by atoms with Gasteiger partial charge in [-0.1, -0.05) is 20.8 Å². The molecule has 0 radical (unpaired) electrons. The number of hydrogen-bond acceptors (Lipinski definition) is 6. The van der Waals surface area contributed by atoms with Crippen molar-refractivity contribution in [2.45, 2.75) is 51.0 Å². The van der Waals surface area contributed by atoms with Gasteiger partial charge in [-0.2, -0.15) is 0 Å². The zero-order chi connectivity index (χ0) is 13.5. The quantitative estimate of drug-likeness (QED) is 0.711. The number of carbonyl (C=O) groups excluding carboxylic acids is 1. The highest BCUT2D eigenvalue weighted by molar-refractivity contribution is 7.99. The van der Waals surface area contributed by atoms with Gasteiger partial charge in [0.2, 0.25) is 11.8 Å². The fourth-order valence-corrected chi connectivity index (χ4v) is 2.08. The molecular weight excluding hydrogens is 252 g/mol. The van der Waals surface area contributed by atoms with E-state index < -0.39 is 0 Å². The zero-order valence-electron chi connectivity index (χ0n) is 11.3. The molecule has 0 spiro atoms. The Morgan fingerprint density at radius 3 is 2.67 bits per heavy atom. The lowest BCUT2D eigenvalue weighted by molar-refractivity contribution is -0.142. The van der Waals surface area contributed by atoms with Crippen LogP contribution in [0.1, 0.15) is 51.8 Å². The predicted octanol–water partition coefficient (Wildman–Crippen LogP) is 2.77. The van der Waals surface area contributed by atoms with E-state index in [0.717, 1.165) is 0 Å². The van der Waals surface area contributed by atoms with E-state index >= 15 is 0 Å². The Labute approximate surface area is 112 Å². The van der Waals surface area contributed by atoms with Gasteiger partial charge in [0.25, 0.3) is 0 Å². The molecule has 5 nitrogen and oxygen atoms in total. The highest BCUT2D eigenvalue weighted by Crippen LogP contribution is 2.21. The molecule has 0 saturated heterocycles. The first-order valence-electron chi connectivity index (χ1n) is 6.12. The van der Waals surface area contributed by atoms with Gasteiger partial charge in [0.05, 0.1) is 18.8 Å².